The molecule has 0 spiro atoms. The Kier molecular flexibility index (Phi) is 8.36. The molecule has 1 saturated heterocycles. The van der Waals surface area contributed by atoms with E-state index in [1.54, 1.807) is 0 Å². The van der Waals surface area contributed by atoms with E-state index in [0.29, 0.717) is 31.3 Å². The van der Waals surface area contributed by atoms with E-state index in [4.69, 9.17) is 0 Å². The van der Waals surface area contributed by atoms with Crippen molar-refractivity contribution >= 4 is 11.9 Å². The molecule has 0 aromatic carbocycles. The molecule has 0 radical (unpaired) electrons. The van der Waals surface area contributed by atoms with Crippen molar-refractivity contribution in [2.75, 3.05) is 33.2 Å². The molecule has 3 N–H and O–H groups in total. The second-order valence-electron chi connectivity index (χ2n) is 7.22. The first-order valence-electron chi connectivity index (χ1n) is 9.65. The molecule has 2 aliphatic rings. The Bertz CT molecular complexity index is 388. The lowest BCUT2D eigenvalue weighted by molar-refractivity contribution is -0.132. The first-order chi connectivity index (χ1) is 11.7. The molecule has 3 amide bonds. The Labute approximate surface area is 146 Å². The number of hydrogen-bond donors (Lipinski definition) is 3. The Morgan fingerprint density at radius 2 is 1.75 bits per heavy atom. The molecule has 2 rings (SSSR count). The number of carbonyl (C=O) groups is 2. The van der Waals surface area contributed by atoms with Crippen molar-refractivity contribution in [1.29, 1.82) is 0 Å². The predicted octanol–water partition coefficient (Wildman–Crippen LogP) is 1.86. The molecule has 1 aliphatic carbocycles. The van der Waals surface area contributed by atoms with Crippen LogP contribution in [-0.4, -0.2) is 56.1 Å². The fourth-order valence-electron chi connectivity index (χ4n) is 3.76. The van der Waals surface area contributed by atoms with Crippen LogP contribution in [0.5, 0.6) is 0 Å². The van der Waals surface area contributed by atoms with Gasteiger partial charge in [0.15, 0.2) is 0 Å². The van der Waals surface area contributed by atoms with Gasteiger partial charge >= 0.3 is 6.03 Å². The summed E-state index contributed by atoms with van der Waals surface area (Å²) >= 11 is 0. The van der Waals surface area contributed by atoms with Crippen LogP contribution in [0.1, 0.15) is 57.8 Å². The van der Waals surface area contributed by atoms with E-state index in [1.807, 2.05) is 11.9 Å². The largest absolute Gasteiger partial charge is 0.343 e. The van der Waals surface area contributed by atoms with Crippen LogP contribution in [-0.2, 0) is 4.79 Å². The summed E-state index contributed by atoms with van der Waals surface area (Å²) in [5, 5.41) is 9.13. The van der Waals surface area contributed by atoms with Crippen molar-refractivity contribution in [1.82, 2.24) is 20.9 Å². The summed E-state index contributed by atoms with van der Waals surface area (Å²) < 4.78 is 0. The maximum atomic E-state index is 12.2. The molecule has 1 aliphatic heterocycles. The van der Waals surface area contributed by atoms with Crippen LogP contribution in [0.25, 0.3) is 0 Å². The van der Waals surface area contributed by atoms with E-state index in [9.17, 15) is 9.59 Å². The smallest absolute Gasteiger partial charge is 0.315 e. The maximum Gasteiger partial charge on any atom is 0.315 e. The molecule has 2 fully saturated rings. The van der Waals surface area contributed by atoms with Gasteiger partial charge in [-0.15, -0.1) is 0 Å². The highest BCUT2D eigenvalue weighted by Gasteiger charge is 2.22. The molecular weight excluding hydrogens is 304 g/mol. The zero-order valence-corrected chi connectivity index (χ0v) is 15.1. The quantitative estimate of drug-likeness (QED) is 0.620. The number of nitrogens with zero attached hydrogens (tertiary/aromatic N) is 1. The fraction of sp³-hybridized carbons (Fsp3) is 0.889. The monoisotopic (exact) mass is 338 g/mol. The van der Waals surface area contributed by atoms with Crippen LogP contribution >= 0.6 is 0 Å². The zero-order valence-electron chi connectivity index (χ0n) is 15.1. The third-order valence-corrected chi connectivity index (χ3v) is 5.25. The van der Waals surface area contributed by atoms with Crippen LogP contribution < -0.4 is 16.0 Å². The molecule has 1 heterocycles. The van der Waals surface area contributed by atoms with Crippen LogP contribution in [0.3, 0.4) is 0 Å². The highest BCUT2D eigenvalue weighted by atomic mass is 16.2. The number of rotatable bonds is 7. The first-order valence-corrected chi connectivity index (χ1v) is 9.65. The van der Waals surface area contributed by atoms with Crippen LogP contribution in [0.2, 0.25) is 0 Å². The minimum atomic E-state index is -0.0813. The lowest BCUT2D eigenvalue weighted by Gasteiger charge is -2.32. The summed E-state index contributed by atoms with van der Waals surface area (Å²) in [6.45, 7) is 3.37. The van der Waals surface area contributed by atoms with Crippen molar-refractivity contribution in [3.63, 3.8) is 0 Å². The molecular formula is C18H34N4O2. The molecule has 24 heavy (non-hydrogen) atoms. The van der Waals surface area contributed by atoms with Gasteiger partial charge in [-0.1, -0.05) is 19.3 Å². The van der Waals surface area contributed by atoms with Gasteiger partial charge < -0.3 is 20.9 Å². The average molecular weight is 338 g/mol. The number of likely N-dealkylation sites (tertiary alicyclic amines) is 1. The lowest BCUT2D eigenvalue weighted by atomic mass is 9.96. The van der Waals surface area contributed by atoms with Crippen molar-refractivity contribution in [3.8, 4) is 0 Å². The molecule has 0 unspecified atom stereocenters. The molecule has 0 aromatic rings. The summed E-state index contributed by atoms with van der Waals surface area (Å²) in [6, 6.07) is 0.251. The van der Waals surface area contributed by atoms with Gasteiger partial charge in [0.2, 0.25) is 5.91 Å². The minimum Gasteiger partial charge on any atom is -0.343 e. The number of urea groups is 1. The van der Waals surface area contributed by atoms with Gasteiger partial charge in [-0.05, 0) is 51.6 Å². The van der Waals surface area contributed by atoms with Gasteiger partial charge in [0.05, 0.1) is 0 Å². The summed E-state index contributed by atoms with van der Waals surface area (Å²) in [6.07, 6.45) is 9.32. The molecule has 0 bridgehead atoms. The van der Waals surface area contributed by atoms with Gasteiger partial charge in [0.25, 0.3) is 0 Å². The van der Waals surface area contributed by atoms with Gasteiger partial charge in [0.1, 0.15) is 0 Å². The standard InChI is InChI=1S/C18H34N4O2/c1-19-14-15-9-12-22(13-10-15)17(23)8-5-11-20-18(24)21-16-6-3-2-4-7-16/h15-16,19H,2-14H2,1H3,(H2,20,21,24). The molecule has 0 aromatic heterocycles. The van der Waals surface area contributed by atoms with Crippen LogP contribution in [0.15, 0.2) is 0 Å². The van der Waals surface area contributed by atoms with E-state index in [1.165, 1.54) is 19.3 Å². The summed E-state index contributed by atoms with van der Waals surface area (Å²) in [5.74, 6) is 0.927. The Balaban J connectivity index is 1.52. The van der Waals surface area contributed by atoms with Crippen molar-refractivity contribution < 1.29 is 9.59 Å². The molecule has 1 saturated carbocycles. The van der Waals surface area contributed by atoms with Gasteiger partial charge in [-0.25, -0.2) is 4.79 Å². The van der Waals surface area contributed by atoms with Crippen molar-refractivity contribution in [2.24, 2.45) is 5.92 Å². The first kappa shape index (κ1) is 19.0. The van der Waals surface area contributed by atoms with E-state index in [0.717, 1.165) is 45.3 Å². The number of amides is 3. The topological polar surface area (TPSA) is 73.5 Å². The highest BCUT2D eigenvalue weighted by Crippen LogP contribution is 2.18. The third-order valence-electron chi connectivity index (χ3n) is 5.25. The Morgan fingerprint density at radius 3 is 2.42 bits per heavy atom. The van der Waals surface area contributed by atoms with Gasteiger partial charge in [-0.2, -0.15) is 0 Å². The van der Waals surface area contributed by atoms with Crippen LogP contribution in [0.4, 0.5) is 4.79 Å². The number of carbonyl (C=O) groups excluding carboxylic acids is 2. The second kappa shape index (κ2) is 10.5. The van der Waals surface area contributed by atoms with E-state index >= 15 is 0 Å². The third kappa shape index (κ3) is 6.67. The minimum absolute atomic E-state index is 0.0813. The highest BCUT2D eigenvalue weighted by molar-refractivity contribution is 5.76. The number of hydrogen-bond acceptors (Lipinski definition) is 3. The lowest BCUT2D eigenvalue weighted by Crippen LogP contribution is -2.43. The zero-order chi connectivity index (χ0) is 17.2. The SMILES string of the molecule is CNCC1CCN(C(=O)CCCNC(=O)NC2CCCCC2)CC1. The Morgan fingerprint density at radius 1 is 1.04 bits per heavy atom. The fourth-order valence-corrected chi connectivity index (χ4v) is 3.76. The summed E-state index contributed by atoms with van der Waals surface area (Å²) in [5.41, 5.74) is 0. The van der Waals surface area contributed by atoms with Gasteiger partial charge in [-0.3, -0.25) is 4.79 Å². The normalized spacial score (nSPS) is 20.0. The average Bonchev–Trinajstić information content (AvgIpc) is 2.60. The molecule has 6 nitrogen and oxygen atoms in total. The Hall–Kier alpha value is -1.30. The number of piperidine rings is 1. The number of nitrogens with one attached hydrogen (secondary N) is 3. The molecule has 6 heteroatoms. The van der Waals surface area contributed by atoms with E-state index in [2.05, 4.69) is 16.0 Å². The van der Waals surface area contributed by atoms with Crippen LogP contribution in [0, 0.1) is 5.92 Å². The van der Waals surface area contributed by atoms with E-state index in [-0.39, 0.29) is 11.9 Å². The molecule has 0 atom stereocenters. The summed E-state index contributed by atoms with van der Waals surface area (Å²) in [4.78, 5) is 26.0. The van der Waals surface area contributed by atoms with Crippen molar-refractivity contribution in [2.45, 2.75) is 63.8 Å². The summed E-state index contributed by atoms with van der Waals surface area (Å²) in [7, 11) is 1.98. The predicted molar refractivity (Wildman–Crippen MR) is 95.9 cm³/mol. The van der Waals surface area contributed by atoms with E-state index < -0.39 is 0 Å². The van der Waals surface area contributed by atoms with Gasteiger partial charge in [0, 0.05) is 32.1 Å². The van der Waals surface area contributed by atoms with Crippen molar-refractivity contribution in [3.05, 3.63) is 0 Å². The second-order valence-corrected chi connectivity index (χ2v) is 7.22. The molecule has 138 valence electrons. The maximum absolute atomic E-state index is 12.2.